The van der Waals surface area contributed by atoms with Crippen molar-refractivity contribution < 1.29 is 18.9 Å². The van der Waals surface area contributed by atoms with Crippen LogP contribution in [-0.2, 0) is 4.74 Å². The van der Waals surface area contributed by atoms with Gasteiger partial charge in [-0.25, -0.2) is 0 Å². The largest absolute Gasteiger partial charge is 0.493 e. The van der Waals surface area contributed by atoms with Crippen molar-refractivity contribution in [3.63, 3.8) is 0 Å². The monoisotopic (exact) mass is 477 g/mol. The number of aliphatic imine (C=N–C) groups is 1. The average Bonchev–Trinajstić information content (AvgIpc) is 2.67. The molecule has 0 saturated heterocycles. The van der Waals surface area contributed by atoms with E-state index in [9.17, 15) is 0 Å². The van der Waals surface area contributed by atoms with E-state index in [1.165, 1.54) is 5.57 Å². The number of hydrogen-bond acceptors (Lipinski definition) is 5. The molecule has 146 valence electrons. The van der Waals surface area contributed by atoms with Gasteiger partial charge >= 0.3 is 0 Å². The Kier molecular flexibility index (Phi) is 10.2. The van der Waals surface area contributed by atoms with Crippen LogP contribution in [0.2, 0.25) is 0 Å². The van der Waals surface area contributed by atoms with E-state index in [1.807, 2.05) is 12.1 Å². The molecule has 0 amide bonds. The summed E-state index contributed by atoms with van der Waals surface area (Å²) in [6, 6.07) is 3.68. The summed E-state index contributed by atoms with van der Waals surface area (Å²) in [5, 5.41) is 6.56. The van der Waals surface area contributed by atoms with Gasteiger partial charge < -0.3 is 29.6 Å². The highest BCUT2D eigenvalue weighted by Crippen LogP contribution is 2.39. The number of anilines is 1. The van der Waals surface area contributed by atoms with Gasteiger partial charge in [0, 0.05) is 31.4 Å². The summed E-state index contributed by atoms with van der Waals surface area (Å²) >= 11 is 0. The third-order valence-electron chi connectivity index (χ3n) is 3.95. The number of nitrogens with one attached hydrogen (secondary N) is 2. The Bertz CT molecular complexity index is 610. The molecule has 0 spiro atoms. The van der Waals surface area contributed by atoms with Crippen LogP contribution in [0.4, 0.5) is 5.69 Å². The third-order valence-corrected chi connectivity index (χ3v) is 3.95. The molecule has 2 rings (SSSR count). The number of halogens is 1. The minimum absolute atomic E-state index is 0. The van der Waals surface area contributed by atoms with Crippen molar-refractivity contribution in [2.75, 3.05) is 53.5 Å². The second-order valence-corrected chi connectivity index (χ2v) is 5.48. The molecule has 1 aliphatic heterocycles. The summed E-state index contributed by atoms with van der Waals surface area (Å²) in [6.45, 7) is 2.33. The quantitative estimate of drug-likeness (QED) is 0.272. The van der Waals surface area contributed by atoms with Crippen molar-refractivity contribution in [3.05, 3.63) is 23.8 Å². The Hall–Kier alpha value is -1.68. The fourth-order valence-corrected chi connectivity index (χ4v) is 2.60. The van der Waals surface area contributed by atoms with E-state index in [0.29, 0.717) is 29.8 Å². The predicted octanol–water partition coefficient (Wildman–Crippen LogP) is 3.05. The van der Waals surface area contributed by atoms with Gasteiger partial charge in [-0.15, -0.1) is 24.0 Å². The third kappa shape index (κ3) is 6.24. The Morgan fingerprint density at radius 1 is 1.15 bits per heavy atom. The lowest BCUT2D eigenvalue weighted by molar-refractivity contribution is 0.153. The first-order valence-corrected chi connectivity index (χ1v) is 8.25. The Morgan fingerprint density at radius 2 is 1.85 bits per heavy atom. The van der Waals surface area contributed by atoms with Crippen molar-refractivity contribution >= 4 is 35.6 Å². The van der Waals surface area contributed by atoms with E-state index in [1.54, 1.807) is 28.4 Å². The van der Waals surface area contributed by atoms with Crippen LogP contribution >= 0.6 is 24.0 Å². The predicted molar refractivity (Wildman–Crippen MR) is 115 cm³/mol. The standard InChI is InChI=1S/C18H27N3O4.HI/c1-19-18(20-8-5-13-6-9-25-10-7-13)21-14-11-15(22-2)17(24-4)16(12-14)23-3;/h6,11-12H,5,7-10H2,1-4H3,(H2,19,20,21);1H. The van der Waals surface area contributed by atoms with E-state index >= 15 is 0 Å². The highest BCUT2D eigenvalue weighted by atomic mass is 127. The van der Waals surface area contributed by atoms with Crippen LogP contribution in [0.25, 0.3) is 0 Å². The zero-order valence-corrected chi connectivity index (χ0v) is 18.1. The number of hydrogen-bond donors (Lipinski definition) is 2. The molecule has 0 saturated carbocycles. The molecule has 0 unspecified atom stereocenters. The molecule has 7 nitrogen and oxygen atoms in total. The van der Waals surface area contributed by atoms with Gasteiger partial charge in [-0.3, -0.25) is 4.99 Å². The zero-order valence-electron chi connectivity index (χ0n) is 15.8. The summed E-state index contributed by atoms with van der Waals surface area (Å²) in [7, 11) is 6.51. The van der Waals surface area contributed by atoms with Crippen LogP contribution < -0.4 is 24.8 Å². The molecular formula is C18H28IN3O4. The maximum absolute atomic E-state index is 5.37. The number of guanidine groups is 1. The van der Waals surface area contributed by atoms with Crippen LogP contribution in [0.3, 0.4) is 0 Å². The van der Waals surface area contributed by atoms with E-state index in [2.05, 4.69) is 21.7 Å². The minimum atomic E-state index is 0. The lowest BCUT2D eigenvalue weighted by Gasteiger charge is -2.17. The zero-order chi connectivity index (χ0) is 18.1. The van der Waals surface area contributed by atoms with Crippen LogP contribution in [0, 0.1) is 0 Å². The molecule has 2 N–H and O–H groups in total. The lowest BCUT2D eigenvalue weighted by atomic mass is 10.1. The number of benzene rings is 1. The summed E-state index contributed by atoms with van der Waals surface area (Å²) in [5.74, 6) is 2.42. The van der Waals surface area contributed by atoms with Gasteiger partial charge in [0.1, 0.15) is 0 Å². The fraction of sp³-hybridized carbons (Fsp3) is 0.500. The summed E-state index contributed by atoms with van der Waals surface area (Å²) in [6.07, 6.45) is 4.13. The van der Waals surface area contributed by atoms with E-state index in [-0.39, 0.29) is 24.0 Å². The van der Waals surface area contributed by atoms with Gasteiger partial charge in [-0.05, 0) is 12.8 Å². The smallest absolute Gasteiger partial charge is 0.203 e. The molecule has 0 atom stereocenters. The van der Waals surface area contributed by atoms with Crippen LogP contribution in [-0.4, -0.2) is 54.1 Å². The maximum Gasteiger partial charge on any atom is 0.203 e. The fourth-order valence-electron chi connectivity index (χ4n) is 2.60. The first-order chi connectivity index (χ1) is 12.2. The molecule has 1 aliphatic rings. The van der Waals surface area contributed by atoms with Crippen LogP contribution in [0.1, 0.15) is 12.8 Å². The van der Waals surface area contributed by atoms with Gasteiger partial charge in [0.05, 0.1) is 34.5 Å². The van der Waals surface area contributed by atoms with Gasteiger partial charge in [-0.1, -0.05) is 11.6 Å². The number of methoxy groups -OCH3 is 3. The second kappa shape index (κ2) is 11.8. The summed E-state index contributed by atoms with van der Waals surface area (Å²) in [5.41, 5.74) is 2.22. The van der Waals surface area contributed by atoms with Crippen molar-refractivity contribution in [2.24, 2.45) is 4.99 Å². The molecule has 0 bridgehead atoms. The van der Waals surface area contributed by atoms with Crippen molar-refractivity contribution in [2.45, 2.75) is 12.8 Å². The van der Waals surface area contributed by atoms with Crippen LogP contribution in [0.15, 0.2) is 28.8 Å². The summed E-state index contributed by atoms with van der Waals surface area (Å²) in [4.78, 5) is 4.26. The average molecular weight is 477 g/mol. The summed E-state index contributed by atoms with van der Waals surface area (Å²) < 4.78 is 21.4. The topological polar surface area (TPSA) is 73.3 Å². The van der Waals surface area contributed by atoms with Gasteiger partial charge in [-0.2, -0.15) is 0 Å². The Balaban J connectivity index is 0.00000338. The van der Waals surface area contributed by atoms with Gasteiger partial charge in [0.25, 0.3) is 0 Å². The SMILES string of the molecule is CN=C(NCCC1=CCOCC1)Nc1cc(OC)c(OC)c(OC)c1.I. The Morgan fingerprint density at radius 3 is 2.35 bits per heavy atom. The molecular weight excluding hydrogens is 449 g/mol. The van der Waals surface area contributed by atoms with Crippen molar-refractivity contribution in [1.29, 1.82) is 0 Å². The molecule has 0 fully saturated rings. The van der Waals surface area contributed by atoms with Crippen molar-refractivity contribution in [1.82, 2.24) is 5.32 Å². The van der Waals surface area contributed by atoms with Gasteiger partial charge in [0.2, 0.25) is 5.75 Å². The first-order valence-electron chi connectivity index (χ1n) is 8.25. The highest BCUT2D eigenvalue weighted by molar-refractivity contribution is 14.0. The van der Waals surface area contributed by atoms with Crippen molar-refractivity contribution in [3.8, 4) is 17.2 Å². The molecule has 26 heavy (non-hydrogen) atoms. The Labute approximate surface area is 172 Å². The highest BCUT2D eigenvalue weighted by Gasteiger charge is 2.14. The first kappa shape index (κ1) is 22.4. The van der Waals surface area contributed by atoms with E-state index in [4.69, 9.17) is 18.9 Å². The van der Waals surface area contributed by atoms with Crippen LogP contribution in [0.5, 0.6) is 17.2 Å². The number of nitrogens with zero attached hydrogens (tertiary/aromatic N) is 1. The van der Waals surface area contributed by atoms with Gasteiger partial charge in [0.15, 0.2) is 17.5 Å². The number of ether oxygens (including phenoxy) is 4. The second-order valence-electron chi connectivity index (χ2n) is 5.48. The molecule has 0 aromatic heterocycles. The van der Waals surface area contributed by atoms with E-state index in [0.717, 1.165) is 31.7 Å². The normalized spacial score (nSPS) is 14.0. The maximum atomic E-state index is 5.37. The minimum Gasteiger partial charge on any atom is -0.493 e. The molecule has 1 aromatic rings. The molecule has 8 heteroatoms. The number of rotatable bonds is 7. The molecule has 0 aliphatic carbocycles. The molecule has 0 radical (unpaired) electrons. The van der Waals surface area contributed by atoms with E-state index < -0.39 is 0 Å². The molecule has 1 heterocycles. The molecule has 1 aromatic carbocycles. The lowest BCUT2D eigenvalue weighted by Crippen LogP contribution is -2.31.